The maximum Gasteiger partial charge on any atom is 0.338 e. The molecule has 0 aliphatic rings. The van der Waals surface area contributed by atoms with Crippen LogP contribution in [-0.2, 0) is 23.2 Å². The Labute approximate surface area is 409 Å². The van der Waals surface area contributed by atoms with E-state index in [1.54, 1.807) is 27.0 Å². The maximum absolute atomic E-state index is 13.3. The Kier molecular flexibility index (Phi) is 20.5. The second kappa shape index (κ2) is 25.0. The third kappa shape index (κ3) is 16.3. The Balaban J connectivity index is 1.76. The third-order valence-corrected chi connectivity index (χ3v) is 21.8. The Morgan fingerprint density at radius 2 is 0.912 bits per heavy atom. The van der Waals surface area contributed by atoms with Gasteiger partial charge in [0.15, 0.2) is 39.6 Å². The molecule has 0 atom stereocenters. The number of unbranched alkanes of at least 4 members (excludes halogenated alkanes) is 2. The van der Waals surface area contributed by atoms with Crippen LogP contribution in [0.15, 0.2) is 103 Å². The van der Waals surface area contributed by atoms with Gasteiger partial charge in [0.25, 0.3) is 0 Å². The van der Waals surface area contributed by atoms with E-state index in [2.05, 4.69) is 105 Å². The van der Waals surface area contributed by atoms with Crippen LogP contribution in [0.3, 0.4) is 0 Å². The van der Waals surface area contributed by atoms with Gasteiger partial charge in [-0.2, -0.15) is 0 Å². The Morgan fingerprint density at radius 1 is 0.485 bits per heavy atom. The highest BCUT2D eigenvalue weighted by molar-refractivity contribution is 6.74. The van der Waals surface area contributed by atoms with Crippen LogP contribution in [-0.4, -0.2) is 75.3 Å². The minimum Gasteiger partial charge on any atom is -0.494 e. The van der Waals surface area contributed by atoms with Gasteiger partial charge in [-0.05, 0) is 140 Å². The number of hydrogen-bond acceptors (Lipinski definition) is 10. The van der Waals surface area contributed by atoms with E-state index in [9.17, 15) is 9.59 Å². The first kappa shape index (κ1) is 55.6. The van der Waals surface area contributed by atoms with E-state index in [4.69, 9.17) is 37.3 Å². The zero-order chi connectivity index (χ0) is 50.3. The first-order valence-corrected chi connectivity index (χ1v) is 29.7. The Morgan fingerprint density at radius 3 is 1.44 bits per heavy atom. The van der Waals surface area contributed by atoms with E-state index in [1.807, 2.05) is 48.5 Å². The molecule has 4 aromatic rings. The molecule has 0 unspecified atom stereocenters. The summed E-state index contributed by atoms with van der Waals surface area (Å²) in [5.41, 5.74) is 5.59. The van der Waals surface area contributed by atoms with Crippen LogP contribution in [0, 0.1) is 0 Å². The van der Waals surface area contributed by atoms with Gasteiger partial charge in [-0.15, -0.1) is 0 Å². The molecule has 12 heteroatoms. The molecule has 4 rings (SSSR count). The number of ether oxygens (including phenoxy) is 6. The van der Waals surface area contributed by atoms with Gasteiger partial charge in [0.05, 0.1) is 19.8 Å². The maximum atomic E-state index is 13.3. The molecule has 0 saturated heterocycles. The molecule has 0 spiro atoms. The summed E-state index contributed by atoms with van der Waals surface area (Å²) >= 11 is 0. The van der Waals surface area contributed by atoms with Crippen LogP contribution in [0.5, 0.6) is 28.7 Å². The van der Waals surface area contributed by atoms with Crippen molar-refractivity contribution in [2.45, 2.75) is 124 Å². The molecule has 0 bridgehead atoms. The van der Waals surface area contributed by atoms with Crippen molar-refractivity contribution in [3.05, 3.63) is 103 Å². The van der Waals surface area contributed by atoms with Gasteiger partial charge in [-0.3, -0.25) is 0 Å². The SMILES string of the molecule is C=C(C)C(=O)Oc1ccc(-c2cc(-c3ccc(-c4ccc(OCCCCOC)cc4)cc3)cc(OC(=O)C(=C)C)c2OCCCCO[Si](C)(C)C(C)(C)C)cc1OCCCO[Si](C)(C)C(C)(C)C. The van der Waals surface area contributed by atoms with Crippen LogP contribution < -0.4 is 23.7 Å². The highest BCUT2D eigenvalue weighted by Crippen LogP contribution is 2.45. The van der Waals surface area contributed by atoms with Crippen molar-refractivity contribution in [3.63, 3.8) is 0 Å². The molecule has 10 nitrogen and oxygen atoms in total. The fraction of sp³-hybridized carbons (Fsp3) is 0.464. The van der Waals surface area contributed by atoms with Gasteiger partial charge in [-0.1, -0.05) is 97.2 Å². The number of carbonyl (C=O) groups excluding carboxylic acids is 2. The standard InChI is InChI=1S/C56H78O10Si2/c1-40(2)53(57)65-49-30-27-45(38-50(49)61-34-20-36-64-68(14,15)56(8,9)10)48-37-46(44-23-21-42(22-24-44)43-25-28-47(29-26-43)60-32-17-16-31-59-11)39-51(66-54(58)41(3)4)52(48)62-33-18-19-35-63-67(12,13)55(5,6)7/h21-30,37-39H,1,3,16-20,31-36H2,2,4-15H3. The van der Waals surface area contributed by atoms with E-state index in [0.717, 1.165) is 53.9 Å². The number of hydrogen-bond donors (Lipinski definition) is 0. The summed E-state index contributed by atoms with van der Waals surface area (Å²) in [5, 5.41) is 0.178. The van der Waals surface area contributed by atoms with Gasteiger partial charge in [-0.25, -0.2) is 9.59 Å². The van der Waals surface area contributed by atoms with E-state index in [1.165, 1.54) is 0 Å². The van der Waals surface area contributed by atoms with Crippen LogP contribution in [0.4, 0.5) is 0 Å². The minimum absolute atomic E-state index is 0.0741. The summed E-state index contributed by atoms with van der Waals surface area (Å²) in [6.07, 6.45) is 3.99. The van der Waals surface area contributed by atoms with Crippen LogP contribution in [0.1, 0.15) is 87.5 Å². The van der Waals surface area contributed by atoms with E-state index in [-0.39, 0.29) is 32.7 Å². The van der Waals surface area contributed by atoms with Crippen molar-refractivity contribution in [1.82, 2.24) is 0 Å². The lowest BCUT2D eigenvalue weighted by Crippen LogP contribution is -2.41. The molecule has 0 radical (unpaired) electrons. The number of benzene rings is 4. The first-order chi connectivity index (χ1) is 31.9. The van der Waals surface area contributed by atoms with Crippen LogP contribution in [0.2, 0.25) is 36.3 Å². The topological polar surface area (TPSA) is 108 Å². The molecule has 0 amide bonds. The van der Waals surface area contributed by atoms with E-state index < -0.39 is 28.6 Å². The number of esters is 2. The number of carbonyl (C=O) groups is 2. The molecular weight excluding hydrogens is 889 g/mol. The predicted molar refractivity (Wildman–Crippen MR) is 281 cm³/mol. The molecular formula is C56H78O10Si2. The van der Waals surface area contributed by atoms with Gasteiger partial charge in [0, 0.05) is 50.1 Å². The second-order valence-electron chi connectivity index (χ2n) is 20.5. The molecule has 4 aromatic carbocycles. The average Bonchev–Trinajstić information content (AvgIpc) is 3.27. The normalized spacial score (nSPS) is 12.1. The van der Waals surface area contributed by atoms with Crippen molar-refractivity contribution < 1.29 is 46.9 Å². The average molecular weight is 967 g/mol. The monoisotopic (exact) mass is 967 g/mol. The quantitative estimate of drug-likeness (QED) is 0.0198. The van der Waals surface area contributed by atoms with Crippen LogP contribution in [0.25, 0.3) is 33.4 Å². The summed E-state index contributed by atoms with van der Waals surface area (Å²) in [7, 11) is -2.18. The molecule has 0 N–H and O–H groups in total. The lowest BCUT2D eigenvalue weighted by molar-refractivity contribution is -0.131. The lowest BCUT2D eigenvalue weighted by Gasteiger charge is -2.36. The molecule has 0 aliphatic carbocycles. The van der Waals surface area contributed by atoms with Crippen LogP contribution >= 0.6 is 0 Å². The Bertz CT molecular complexity index is 2300. The summed E-state index contributed by atoms with van der Waals surface area (Å²) in [6.45, 7) is 36.3. The molecule has 0 aromatic heterocycles. The Hall–Kier alpha value is -4.99. The van der Waals surface area contributed by atoms with E-state index >= 15 is 0 Å². The fourth-order valence-electron chi connectivity index (χ4n) is 6.30. The molecule has 0 fully saturated rings. The smallest absolute Gasteiger partial charge is 0.338 e. The van der Waals surface area contributed by atoms with Gasteiger partial charge in [0.2, 0.25) is 0 Å². The summed E-state index contributed by atoms with van der Waals surface area (Å²) in [4.78, 5) is 26.2. The highest BCUT2D eigenvalue weighted by Gasteiger charge is 2.37. The van der Waals surface area contributed by atoms with Crippen molar-refractivity contribution in [3.8, 4) is 62.1 Å². The summed E-state index contributed by atoms with van der Waals surface area (Å²) in [6, 6.07) is 25.5. The largest absolute Gasteiger partial charge is 0.494 e. The zero-order valence-electron chi connectivity index (χ0n) is 43.3. The minimum atomic E-state index is -1.96. The molecule has 0 aliphatic heterocycles. The van der Waals surface area contributed by atoms with Gasteiger partial charge in [0.1, 0.15) is 5.75 Å². The first-order valence-electron chi connectivity index (χ1n) is 23.9. The van der Waals surface area contributed by atoms with Gasteiger partial charge < -0.3 is 37.3 Å². The lowest BCUT2D eigenvalue weighted by atomic mass is 9.95. The van der Waals surface area contributed by atoms with Gasteiger partial charge >= 0.3 is 11.9 Å². The third-order valence-electron chi connectivity index (χ3n) is 12.7. The van der Waals surface area contributed by atoms with Crippen molar-refractivity contribution >= 4 is 28.6 Å². The van der Waals surface area contributed by atoms with E-state index in [0.29, 0.717) is 68.5 Å². The van der Waals surface area contributed by atoms with Crippen molar-refractivity contribution in [2.75, 3.05) is 46.8 Å². The number of rotatable bonds is 26. The van der Waals surface area contributed by atoms with Crippen molar-refractivity contribution in [2.24, 2.45) is 0 Å². The second-order valence-corrected chi connectivity index (χ2v) is 30.1. The predicted octanol–water partition coefficient (Wildman–Crippen LogP) is 14.4. The fourth-order valence-corrected chi connectivity index (χ4v) is 8.47. The highest BCUT2D eigenvalue weighted by atomic mass is 28.4. The molecule has 68 heavy (non-hydrogen) atoms. The zero-order valence-corrected chi connectivity index (χ0v) is 45.3. The number of methoxy groups -OCH3 is 1. The molecule has 0 heterocycles. The molecule has 370 valence electrons. The summed E-state index contributed by atoms with van der Waals surface area (Å²) < 4.78 is 48.9. The van der Waals surface area contributed by atoms with Crippen molar-refractivity contribution in [1.29, 1.82) is 0 Å². The molecule has 0 saturated carbocycles. The summed E-state index contributed by atoms with van der Waals surface area (Å²) in [5.74, 6) is 0.904.